The van der Waals surface area contributed by atoms with Gasteiger partial charge in [-0.2, -0.15) is 0 Å². The average molecular weight is 222 g/mol. The van der Waals surface area contributed by atoms with Crippen LogP contribution in [0.5, 0.6) is 0 Å². The lowest BCUT2D eigenvalue weighted by molar-refractivity contribution is 0.102. The molecule has 0 N–H and O–H groups in total. The molecule has 1 aromatic rings. The molecule has 1 nitrogen and oxygen atoms in total. The maximum absolute atomic E-state index is 13.4. The van der Waals surface area contributed by atoms with Gasteiger partial charge in [0.05, 0.1) is 5.56 Å². The van der Waals surface area contributed by atoms with Crippen molar-refractivity contribution in [3.8, 4) is 0 Å². The third-order valence-electron chi connectivity index (χ3n) is 2.77. The third-order valence-corrected chi connectivity index (χ3v) is 2.77. The van der Waals surface area contributed by atoms with Crippen LogP contribution in [0.4, 0.5) is 8.78 Å². The van der Waals surface area contributed by atoms with Crippen LogP contribution < -0.4 is 0 Å². The SMILES string of the molecule is O=C(C1=CCCCC1)c1c(F)cccc1F. The van der Waals surface area contributed by atoms with Crippen molar-refractivity contribution in [1.29, 1.82) is 0 Å². The largest absolute Gasteiger partial charge is 0.289 e. The molecule has 1 aliphatic carbocycles. The Hall–Kier alpha value is -1.51. The molecule has 0 bridgehead atoms. The summed E-state index contributed by atoms with van der Waals surface area (Å²) in [6.07, 6.45) is 5.17. The van der Waals surface area contributed by atoms with Gasteiger partial charge in [0, 0.05) is 0 Å². The Morgan fingerprint density at radius 2 is 1.81 bits per heavy atom. The summed E-state index contributed by atoms with van der Waals surface area (Å²) in [4.78, 5) is 11.9. The second-order valence-electron chi connectivity index (χ2n) is 3.90. The van der Waals surface area contributed by atoms with Gasteiger partial charge in [-0.05, 0) is 43.4 Å². The van der Waals surface area contributed by atoms with Gasteiger partial charge in [0.15, 0.2) is 5.78 Å². The van der Waals surface area contributed by atoms with Crippen LogP contribution in [-0.2, 0) is 0 Å². The van der Waals surface area contributed by atoms with E-state index in [-0.39, 0.29) is 0 Å². The normalized spacial score (nSPS) is 15.8. The Bertz CT molecular complexity index is 429. The number of carbonyl (C=O) groups is 1. The zero-order chi connectivity index (χ0) is 11.5. The van der Waals surface area contributed by atoms with Gasteiger partial charge in [-0.25, -0.2) is 8.78 Å². The molecule has 0 saturated carbocycles. The second-order valence-corrected chi connectivity index (χ2v) is 3.90. The highest BCUT2D eigenvalue weighted by Crippen LogP contribution is 2.23. The fraction of sp³-hybridized carbons (Fsp3) is 0.308. The number of halogens is 2. The monoisotopic (exact) mass is 222 g/mol. The summed E-state index contributed by atoms with van der Waals surface area (Å²) >= 11 is 0. The zero-order valence-electron chi connectivity index (χ0n) is 8.80. The molecule has 0 heterocycles. The summed E-state index contributed by atoms with van der Waals surface area (Å²) in [5, 5.41) is 0. The molecule has 0 radical (unpaired) electrons. The Labute approximate surface area is 92.8 Å². The predicted molar refractivity (Wildman–Crippen MR) is 57.2 cm³/mol. The summed E-state index contributed by atoms with van der Waals surface area (Å²) in [6, 6.07) is 3.48. The Balaban J connectivity index is 2.37. The van der Waals surface area contributed by atoms with Gasteiger partial charge >= 0.3 is 0 Å². The van der Waals surface area contributed by atoms with Crippen LogP contribution in [0.1, 0.15) is 36.0 Å². The summed E-state index contributed by atoms with van der Waals surface area (Å²) in [7, 11) is 0. The van der Waals surface area contributed by atoms with Gasteiger partial charge in [-0.3, -0.25) is 4.79 Å². The van der Waals surface area contributed by atoms with Gasteiger partial charge in [0.1, 0.15) is 11.6 Å². The second kappa shape index (κ2) is 4.56. The van der Waals surface area contributed by atoms with Crippen molar-refractivity contribution in [2.45, 2.75) is 25.7 Å². The van der Waals surface area contributed by atoms with E-state index < -0.39 is 23.0 Å². The Kier molecular flexibility index (Phi) is 3.13. The number of rotatable bonds is 2. The Morgan fingerprint density at radius 1 is 1.12 bits per heavy atom. The molecule has 0 saturated heterocycles. The van der Waals surface area contributed by atoms with Crippen molar-refractivity contribution in [2.24, 2.45) is 0 Å². The molecule has 0 fully saturated rings. The molecule has 0 atom stereocenters. The molecule has 0 aromatic heterocycles. The summed E-state index contributed by atoms with van der Waals surface area (Å²) < 4.78 is 26.7. The highest BCUT2D eigenvalue weighted by molar-refractivity contribution is 6.09. The van der Waals surface area contributed by atoms with Crippen molar-refractivity contribution in [3.05, 3.63) is 47.0 Å². The first-order valence-electron chi connectivity index (χ1n) is 5.38. The summed E-state index contributed by atoms with van der Waals surface area (Å²) in [5.41, 5.74) is 0.117. The van der Waals surface area contributed by atoms with Crippen LogP contribution >= 0.6 is 0 Å². The maximum Gasteiger partial charge on any atom is 0.194 e. The number of Topliss-reactive ketones (excluding diaryl/α,β-unsaturated/α-hetero) is 1. The quantitative estimate of drug-likeness (QED) is 0.698. The highest BCUT2D eigenvalue weighted by atomic mass is 19.1. The Morgan fingerprint density at radius 3 is 2.38 bits per heavy atom. The first-order chi connectivity index (χ1) is 7.70. The molecular formula is C13H12F2O. The smallest absolute Gasteiger partial charge is 0.194 e. The fourth-order valence-corrected chi connectivity index (χ4v) is 1.92. The fourth-order valence-electron chi connectivity index (χ4n) is 1.92. The van der Waals surface area contributed by atoms with E-state index in [1.54, 1.807) is 6.08 Å². The number of hydrogen-bond acceptors (Lipinski definition) is 1. The number of hydrogen-bond donors (Lipinski definition) is 0. The lowest BCUT2D eigenvalue weighted by atomic mass is 9.92. The van der Waals surface area contributed by atoms with Crippen molar-refractivity contribution in [2.75, 3.05) is 0 Å². The molecule has 2 rings (SSSR count). The van der Waals surface area contributed by atoms with Crippen molar-refractivity contribution < 1.29 is 13.6 Å². The van der Waals surface area contributed by atoms with Gasteiger partial charge in [0.25, 0.3) is 0 Å². The molecule has 3 heteroatoms. The zero-order valence-corrected chi connectivity index (χ0v) is 8.80. The van der Waals surface area contributed by atoms with Gasteiger partial charge < -0.3 is 0 Å². The molecule has 1 aromatic carbocycles. The van der Waals surface area contributed by atoms with Crippen molar-refractivity contribution in [1.82, 2.24) is 0 Å². The van der Waals surface area contributed by atoms with E-state index >= 15 is 0 Å². The number of benzene rings is 1. The summed E-state index contributed by atoms with van der Waals surface area (Å²) in [5.74, 6) is -2.07. The lowest BCUT2D eigenvalue weighted by Crippen LogP contribution is -2.10. The molecule has 1 aliphatic rings. The predicted octanol–water partition coefficient (Wildman–Crippen LogP) is 3.65. The average Bonchev–Trinajstić information content (AvgIpc) is 2.30. The van der Waals surface area contributed by atoms with Crippen LogP contribution in [-0.4, -0.2) is 5.78 Å². The minimum Gasteiger partial charge on any atom is -0.289 e. The molecule has 0 spiro atoms. The molecule has 0 unspecified atom stereocenters. The first kappa shape index (κ1) is 11.0. The molecule has 0 amide bonds. The highest BCUT2D eigenvalue weighted by Gasteiger charge is 2.21. The van der Waals surface area contributed by atoms with E-state index in [0.717, 1.165) is 31.4 Å². The summed E-state index contributed by atoms with van der Waals surface area (Å²) in [6.45, 7) is 0. The van der Waals surface area contributed by atoms with Crippen molar-refractivity contribution in [3.63, 3.8) is 0 Å². The third kappa shape index (κ3) is 2.03. The molecule has 84 valence electrons. The van der Waals surface area contributed by atoms with E-state index in [4.69, 9.17) is 0 Å². The number of carbonyl (C=O) groups excluding carboxylic acids is 1. The molecule has 0 aliphatic heterocycles. The standard InChI is InChI=1S/C13H12F2O/c14-10-7-4-8-11(15)12(10)13(16)9-5-2-1-3-6-9/h4-5,7-8H,1-3,6H2. The minimum atomic E-state index is -0.781. The number of allylic oxidation sites excluding steroid dienone is 2. The van der Waals surface area contributed by atoms with Gasteiger partial charge in [-0.1, -0.05) is 12.1 Å². The van der Waals surface area contributed by atoms with Crippen LogP contribution in [0, 0.1) is 11.6 Å². The van der Waals surface area contributed by atoms with E-state index in [2.05, 4.69) is 0 Å². The topological polar surface area (TPSA) is 17.1 Å². The van der Waals surface area contributed by atoms with Crippen LogP contribution in [0.2, 0.25) is 0 Å². The van der Waals surface area contributed by atoms with Crippen LogP contribution in [0.25, 0.3) is 0 Å². The van der Waals surface area contributed by atoms with Crippen LogP contribution in [0.15, 0.2) is 29.8 Å². The van der Waals surface area contributed by atoms with Gasteiger partial charge in [0.2, 0.25) is 0 Å². The lowest BCUT2D eigenvalue weighted by Gasteiger charge is -2.12. The van der Waals surface area contributed by atoms with E-state index in [1.807, 2.05) is 0 Å². The van der Waals surface area contributed by atoms with Crippen LogP contribution in [0.3, 0.4) is 0 Å². The van der Waals surface area contributed by atoms with E-state index in [1.165, 1.54) is 6.07 Å². The van der Waals surface area contributed by atoms with E-state index in [9.17, 15) is 13.6 Å². The molecular weight excluding hydrogens is 210 g/mol. The maximum atomic E-state index is 13.4. The minimum absolute atomic E-state index is 0.421. The van der Waals surface area contributed by atoms with E-state index in [0.29, 0.717) is 12.0 Å². The van der Waals surface area contributed by atoms with Crippen molar-refractivity contribution >= 4 is 5.78 Å². The first-order valence-corrected chi connectivity index (χ1v) is 5.38. The van der Waals surface area contributed by atoms with Gasteiger partial charge in [-0.15, -0.1) is 0 Å². The molecule has 16 heavy (non-hydrogen) atoms. The number of ketones is 1.